The number of nitrogens with zero attached hydrogens (tertiary/aromatic N) is 8. The summed E-state index contributed by atoms with van der Waals surface area (Å²) in [5.41, 5.74) is 15.3. The molecule has 0 N–H and O–H groups in total. The molecule has 0 fully saturated rings. The number of aryl methyl sites for hydroxylation is 3. The minimum atomic E-state index is -0.152. The van der Waals surface area contributed by atoms with E-state index in [2.05, 4.69) is 147 Å². The molecule has 0 bridgehead atoms. The zero-order valence-electron chi connectivity index (χ0n) is 38.9. The predicted molar refractivity (Wildman–Crippen MR) is 257 cm³/mol. The number of fused-ring (bicyclic) bond motifs is 6. The first-order valence-corrected chi connectivity index (χ1v) is 22.8. The fraction of sp³-hybridized carbons (Fsp3) is 0.451. The molecule has 330 valence electrons. The number of halogens is 3. The molecular formula is C51H65Cl2FN8. The molecule has 62 heavy (non-hydrogen) atoms. The van der Waals surface area contributed by atoms with Crippen LogP contribution in [0.3, 0.4) is 0 Å². The fourth-order valence-electron chi connectivity index (χ4n) is 9.11. The zero-order chi connectivity index (χ0) is 44.9. The van der Waals surface area contributed by atoms with Gasteiger partial charge in [0.2, 0.25) is 0 Å². The van der Waals surface area contributed by atoms with E-state index >= 15 is 0 Å². The molecule has 3 aliphatic heterocycles. The number of aromatic nitrogens is 5. The molecule has 0 atom stereocenters. The molecule has 0 saturated carbocycles. The lowest BCUT2D eigenvalue weighted by Gasteiger charge is -2.38. The Kier molecular flexibility index (Phi) is 12.7. The van der Waals surface area contributed by atoms with Crippen molar-refractivity contribution in [1.82, 2.24) is 24.1 Å². The van der Waals surface area contributed by atoms with Gasteiger partial charge in [-0.2, -0.15) is 10.2 Å². The molecule has 0 spiro atoms. The summed E-state index contributed by atoms with van der Waals surface area (Å²) in [4.78, 5) is 7.27. The van der Waals surface area contributed by atoms with Crippen molar-refractivity contribution in [3.05, 3.63) is 146 Å². The molecule has 6 aromatic rings. The minimum Gasteiger partial charge on any atom is -0.362 e. The minimum absolute atomic E-state index is 0.00248. The molecule has 0 unspecified atom stereocenters. The Bertz CT molecular complexity index is 2430. The highest BCUT2D eigenvalue weighted by molar-refractivity contribution is 6.31. The first-order chi connectivity index (χ1) is 29.2. The molecule has 0 amide bonds. The quantitative estimate of drug-likeness (QED) is 0.173. The second-order valence-electron chi connectivity index (χ2n) is 19.9. The second kappa shape index (κ2) is 17.4. The Labute approximate surface area is 379 Å². The van der Waals surface area contributed by atoms with E-state index in [9.17, 15) is 4.39 Å². The number of anilines is 3. The summed E-state index contributed by atoms with van der Waals surface area (Å²) in [6, 6.07) is 19.8. The van der Waals surface area contributed by atoms with Gasteiger partial charge in [-0.05, 0) is 159 Å². The molecule has 11 heteroatoms. The summed E-state index contributed by atoms with van der Waals surface area (Å²) in [5.74, 6) is -0.152. The summed E-state index contributed by atoms with van der Waals surface area (Å²) in [6.07, 6.45) is 8.73. The van der Waals surface area contributed by atoms with Crippen LogP contribution in [-0.4, -0.2) is 40.7 Å². The SMILES string of the molecule is CCn1ccc2c1Cc1cc(F)ccc1N(C(C)(C)C)C2.CCn1ncc2c1Cc1cc(Cl)ccc1N(C(C)(C)C)C2.Cn1ncc2c1Cc1cc(Cl)ccc1N(C(C)(C)C)C2. The molecule has 9 rings (SSSR count). The van der Waals surface area contributed by atoms with Gasteiger partial charge in [-0.3, -0.25) is 9.36 Å². The number of hydrogen-bond acceptors (Lipinski definition) is 5. The van der Waals surface area contributed by atoms with Crippen molar-refractivity contribution < 1.29 is 4.39 Å². The third-order valence-corrected chi connectivity index (χ3v) is 13.0. The largest absolute Gasteiger partial charge is 0.362 e. The van der Waals surface area contributed by atoms with Gasteiger partial charge < -0.3 is 19.3 Å². The van der Waals surface area contributed by atoms with Crippen LogP contribution in [0.4, 0.5) is 21.5 Å². The van der Waals surface area contributed by atoms with E-state index < -0.39 is 0 Å². The van der Waals surface area contributed by atoms with Gasteiger partial charge in [0.05, 0.1) is 12.4 Å². The smallest absolute Gasteiger partial charge is 0.123 e. The van der Waals surface area contributed by atoms with E-state index in [4.69, 9.17) is 23.2 Å². The maximum absolute atomic E-state index is 13.7. The van der Waals surface area contributed by atoms with E-state index in [1.165, 1.54) is 56.3 Å². The predicted octanol–water partition coefficient (Wildman–Crippen LogP) is 12.4. The lowest BCUT2D eigenvalue weighted by molar-refractivity contribution is 0.500. The Morgan fingerprint density at radius 2 is 0.984 bits per heavy atom. The fourth-order valence-corrected chi connectivity index (χ4v) is 9.50. The maximum Gasteiger partial charge on any atom is 0.123 e. The first kappa shape index (κ1) is 45.3. The van der Waals surface area contributed by atoms with Crippen molar-refractivity contribution in [3.63, 3.8) is 0 Å². The van der Waals surface area contributed by atoms with Crippen LogP contribution in [-0.2, 0) is 59.0 Å². The molecule has 3 aromatic heterocycles. The van der Waals surface area contributed by atoms with Gasteiger partial charge in [0.25, 0.3) is 0 Å². The van der Waals surface area contributed by atoms with Crippen LogP contribution in [0.2, 0.25) is 10.0 Å². The maximum atomic E-state index is 13.7. The van der Waals surface area contributed by atoms with Gasteiger partial charge in [-0.1, -0.05) is 23.2 Å². The summed E-state index contributed by atoms with van der Waals surface area (Å²) in [5, 5.41) is 10.5. The van der Waals surface area contributed by atoms with E-state index in [1.807, 2.05) is 42.3 Å². The van der Waals surface area contributed by atoms with Gasteiger partial charge in [0, 0.05) is 137 Å². The molecule has 8 nitrogen and oxygen atoms in total. The summed E-state index contributed by atoms with van der Waals surface area (Å²) >= 11 is 12.4. The van der Waals surface area contributed by atoms with Gasteiger partial charge in [-0.25, -0.2) is 4.39 Å². The average Bonchev–Trinajstić information content (AvgIpc) is 3.75. The highest BCUT2D eigenvalue weighted by Crippen LogP contribution is 2.39. The summed E-state index contributed by atoms with van der Waals surface area (Å²) in [7, 11) is 2.01. The van der Waals surface area contributed by atoms with Gasteiger partial charge in [0.15, 0.2) is 0 Å². The molecular weight excluding hydrogens is 815 g/mol. The molecule has 6 heterocycles. The summed E-state index contributed by atoms with van der Waals surface area (Å²) < 4.78 is 20.1. The lowest BCUT2D eigenvalue weighted by atomic mass is 10.0. The number of benzene rings is 3. The van der Waals surface area contributed by atoms with Crippen molar-refractivity contribution in [3.8, 4) is 0 Å². The monoisotopic (exact) mass is 878 g/mol. The van der Waals surface area contributed by atoms with Crippen LogP contribution in [0.1, 0.15) is 127 Å². The molecule has 0 aliphatic carbocycles. The number of rotatable bonds is 2. The lowest BCUT2D eigenvalue weighted by Crippen LogP contribution is -2.41. The van der Waals surface area contributed by atoms with Crippen molar-refractivity contribution in [2.75, 3.05) is 14.7 Å². The normalized spacial score (nSPS) is 14.7. The standard InChI is InChI=1S/C18H23FN2.C17H22ClN3.C16H20ClN3/c1-5-20-9-8-13-12-21(18(2,3)4)16-7-6-15(19)10-14(16)11-17(13)20;1-5-21-16-9-12-8-14(18)6-7-15(12)20(17(2,3)4)11-13(16)10-19-21;1-16(2,3)20-10-12-9-18-19(4)15(12)8-11-7-13(17)5-6-14(11)20/h6-10H,5,11-12H2,1-4H3;6-8,10H,5,9,11H2,1-4H3;5-7,9H,8,10H2,1-4H3. The third kappa shape index (κ3) is 9.45. The van der Waals surface area contributed by atoms with Gasteiger partial charge in [-0.15, -0.1) is 0 Å². The molecule has 3 aliphatic rings. The Balaban J connectivity index is 0.000000140. The number of hydrogen-bond donors (Lipinski definition) is 0. The van der Waals surface area contributed by atoms with E-state index in [0.29, 0.717) is 0 Å². The van der Waals surface area contributed by atoms with E-state index in [1.54, 1.807) is 12.1 Å². The van der Waals surface area contributed by atoms with Crippen molar-refractivity contribution in [2.45, 2.75) is 145 Å². The van der Waals surface area contributed by atoms with Crippen LogP contribution in [0.25, 0.3) is 0 Å². The highest BCUT2D eigenvalue weighted by atomic mass is 35.5. The van der Waals surface area contributed by atoms with E-state index in [-0.39, 0.29) is 22.4 Å². The van der Waals surface area contributed by atoms with Crippen LogP contribution < -0.4 is 14.7 Å². The molecule has 3 aromatic carbocycles. The van der Waals surface area contributed by atoms with Crippen molar-refractivity contribution in [2.24, 2.45) is 7.05 Å². The van der Waals surface area contributed by atoms with Gasteiger partial charge >= 0.3 is 0 Å². The average molecular weight is 880 g/mol. The van der Waals surface area contributed by atoms with Crippen molar-refractivity contribution >= 4 is 40.3 Å². The molecule has 0 radical (unpaired) electrons. The zero-order valence-corrected chi connectivity index (χ0v) is 40.4. The second-order valence-corrected chi connectivity index (χ2v) is 20.7. The highest BCUT2D eigenvalue weighted by Gasteiger charge is 2.32. The Morgan fingerprint density at radius 3 is 1.50 bits per heavy atom. The van der Waals surface area contributed by atoms with Crippen LogP contribution in [0.5, 0.6) is 0 Å². The molecule has 0 saturated heterocycles. The third-order valence-electron chi connectivity index (χ3n) is 12.5. The Hall–Kier alpha value is -4.73. The topological polar surface area (TPSA) is 50.3 Å². The van der Waals surface area contributed by atoms with Crippen LogP contribution >= 0.6 is 23.2 Å². The van der Waals surface area contributed by atoms with Crippen LogP contribution in [0, 0.1) is 5.82 Å². The first-order valence-electron chi connectivity index (χ1n) is 22.0. The Morgan fingerprint density at radius 1 is 0.532 bits per heavy atom. The van der Waals surface area contributed by atoms with Crippen molar-refractivity contribution in [1.29, 1.82) is 0 Å². The van der Waals surface area contributed by atoms with Gasteiger partial charge in [0.1, 0.15) is 5.82 Å². The van der Waals surface area contributed by atoms with E-state index in [0.717, 1.165) is 73.3 Å². The summed E-state index contributed by atoms with van der Waals surface area (Å²) in [6.45, 7) is 28.9. The van der Waals surface area contributed by atoms with Crippen LogP contribution in [0.15, 0.2) is 79.3 Å².